The Morgan fingerprint density at radius 1 is 1.19 bits per heavy atom. The number of piperazine rings is 1. The summed E-state index contributed by atoms with van der Waals surface area (Å²) in [5, 5.41) is 7.24. The standard InChI is InChI=1S/C19H26FN5O/c1-15-18(14-22-25(15)17-6-4-16(20)5-7-17)19(26)21-8-3-9-24-12-10-23(2)11-13-24/h4-7,14H,3,8-13H2,1-2H3,(H,21,26). The van der Waals surface area contributed by atoms with Gasteiger partial charge in [-0.05, 0) is 51.2 Å². The molecule has 1 saturated heterocycles. The molecule has 1 aliphatic rings. The minimum atomic E-state index is -0.295. The third kappa shape index (κ3) is 4.47. The number of benzene rings is 1. The van der Waals surface area contributed by atoms with Gasteiger partial charge in [-0.15, -0.1) is 0 Å². The number of hydrogen-bond acceptors (Lipinski definition) is 4. The molecule has 0 unspecified atom stereocenters. The van der Waals surface area contributed by atoms with E-state index in [9.17, 15) is 9.18 Å². The predicted molar refractivity (Wildman–Crippen MR) is 99.1 cm³/mol. The van der Waals surface area contributed by atoms with Crippen LogP contribution in [-0.4, -0.2) is 71.8 Å². The van der Waals surface area contributed by atoms with Crippen molar-refractivity contribution < 1.29 is 9.18 Å². The second-order valence-electron chi connectivity index (χ2n) is 6.79. The smallest absolute Gasteiger partial charge is 0.254 e. The summed E-state index contributed by atoms with van der Waals surface area (Å²) >= 11 is 0. The number of rotatable bonds is 6. The Bertz CT molecular complexity index is 735. The van der Waals surface area contributed by atoms with Crippen molar-refractivity contribution in [3.63, 3.8) is 0 Å². The van der Waals surface area contributed by atoms with Gasteiger partial charge in [0.1, 0.15) is 5.82 Å². The number of aromatic nitrogens is 2. The lowest BCUT2D eigenvalue weighted by atomic mass is 10.2. The second-order valence-corrected chi connectivity index (χ2v) is 6.79. The van der Waals surface area contributed by atoms with Crippen molar-refractivity contribution in [2.75, 3.05) is 46.3 Å². The highest BCUT2D eigenvalue weighted by atomic mass is 19.1. The van der Waals surface area contributed by atoms with E-state index in [1.807, 2.05) is 6.92 Å². The molecule has 1 amide bonds. The molecule has 1 N–H and O–H groups in total. The van der Waals surface area contributed by atoms with Crippen LogP contribution < -0.4 is 5.32 Å². The van der Waals surface area contributed by atoms with Gasteiger partial charge in [0.05, 0.1) is 23.1 Å². The Labute approximate surface area is 153 Å². The maximum Gasteiger partial charge on any atom is 0.254 e. The van der Waals surface area contributed by atoms with E-state index in [0.717, 1.165) is 50.5 Å². The summed E-state index contributed by atoms with van der Waals surface area (Å²) in [6.45, 7) is 7.88. The summed E-state index contributed by atoms with van der Waals surface area (Å²) in [5.41, 5.74) is 2.03. The van der Waals surface area contributed by atoms with Crippen LogP contribution in [0.4, 0.5) is 4.39 Å². The Balaban J connectivity index is 1.50. The van der Waals surface area contributed by atoms with Gasteiger partial charge in [0.2, 0.25) is 0 Å². The Hall–Kier alpha value is -2.25. The van der Waals surface area contributed by atoms with E-state index in [1.165, 1.54) is 12.1 Å². The zero-order valence-corrected chi connectivity index (χ0v) is 15.4. The highest BCUT2D eigenvalue weighted by molar-refractivity contribution is 5.95. The molecule has 7 heteroatoms. The number of hydrogen-bond donors (Lipinski definition) is 1. The number of carbonyl (C=O) groups excluding carboxylic acids is 1. The summed E-state index contributed by atoms with van der Waals surface area (Å²) in [5.74, 6) is -0.411. The molecule has 0 saturated carbocycles. The maximum absolute atomic E-state index is 13.1. The van der Waals surface area contributed by atoms with Crippen molar-refractivity contribution in [1.82, 2.24) is 24.9 Å². The molecule has 0 bridgehead atoms. The molecule has 140 valence electrons. The predicted octanol–water partition coefficient (Wildman–Crippen LogP) is 1.69. The van der Waals surface area contributed by atoms with Crippen LogP contribution in [0.5, 0.6) is 0 Å². The van der Waals surface area contributed by atoms with E-state index in [2.05, 4.69) is 27.3 Å². The highest BCUT2D eigenvalue weighted by Crippen LogP contribution is 2.14. The third-order valence-corrected chi connectivity index (χ3v) is 4.86. The van der Waals surface area contributed by atoms with Crippen molar-refractivity contribution in [1.29, 1.82) is 0 Å². The minimum Gasteiger partial charge on any atom is -0.352 e. The fourth-order valence-corrected chi connectivity index (χ4v) is 3.15. The quantitative estimate of drug-likeness (QED) is 0.798. The van der Waals surface area contributed by atoms with Crippen molar-refractivity contribution in [2.45, 2.75) is 13.3 Å². The molecule has 2 aromatic rings. The first-order valence-corrected chi connectivity index (χ1v) is 9.04. The molecule has 2 heterocycles. The SMILES string of the molecule is Cc1c(C(=O)NCCCN2CCN(C)CC2)cnn1-c1ccc(F)cc1. The van der Waals surface area contributed by atoms with Crippen LogP contribution in [0.3, 0.4) is 0 Å². The van der Waals surface area contributed by atoms with Crippen LogP contribution in [-0.2, 0) is 0 Å². The number of amides is 1. The fourth-order valence-electron chi connectivity index (χ4n) is 3.15. The van der Waals surface area contributed by atoms with E-state index in [0.29, 0.717) is 12.1 Å². The first kappa shape index (κ1) is 18.5. The van der Waals surface area contributed by atoms with Gasteiger partial charge in [0, 0.05) is 32.7 Å². The summed E-state index contributed by atoms with van der Waals surface area (Å²) in [7, 11) is 2.14. The lowest BCUT2D eigenvalue weighted by Crippen LogP contribution is -2.45. The van der Waals surface area contributed by atoms with Gasteiger partial charge >= 0.3 is 0 Å². The number of halogens is 1. The molecule has 3 rings (SSSR count). The van der Waals surface area contributed by atoms with Crippen molar-refractivity contribution in [2.24, 2.45) is 0 Å². The van der Waals surface area contributed by atoms with Crippen LogP contribution >= 0.6 is 0 Å². The zero-order chi connectivity index (χ0) is 18.5. The summed E-state index contributed by atoms with van der Waals surface area (Å²) in [6, 6.07) is 6.06. The molecule has 1 aromatic heterocycles. The van der Waals surface area contributed by atoms with Gasteiger partial charge in [0.25, 0.3) is 5.91 Å². The largest absolute Gasteiger partial charge is 0.352 e. The maximum atomic E-state index is 13.1. The number of likely N-dealkylation sites (N-methyl/N-ethyl adjacent to an activating group) is 1. The molecule has 1 aromatic carbocycles. The van der Waals surface area contributed by atoms with Gasteiger partial charge in [-0.25, -0.2) is 9.07 Å². The van der Waals surface area contributed by atoms with E-state index < -0.39 is 0 Å². The van der Waals surface area contributed by atoms with Crippen molar-refractivity contribution >= 4 is 5.91 Å². The molecule has 0 atom stereocenters. The molecule has 26 heavy (non-hydrogen) atoms. The van der Waals surface area contributed by atoms with Gasteiger partial charge in [-0.1, -0.05) is 0 Å². The van der Waals surface area contributed by atoms with E-state index in [1.54, 1.807) is 23.0 Å². The highest BCUT2D eigenvalue weighted by Gasteiger charge is 2.16. The first-order chi connectivity index (χ1) is 12.5. The minimum absolute atomic E-state index is 0.116. The summed E-state index contributed by atoms with van der Waals surface area (Å²) < 4.78 is 14.7. The third-order valence-electron chi connectivity index (χ3n) is 4.86. The lowest BCUT2D eigenvalue weighted by molar-refractivity contribution is 0.0949. The lowest BCUT2D eigenvalue weighted by Gasteiger charge is -2.32. The van der Waals surface area contributed by atoms with E-state index in [-0.39, 0.29) is 11.7 Å². The van der Waals surface area contributed by atoms with Crippen LogP contribution in [0.25, 0.3) is 5.69 Å². The van der Waals surface area contributed by atoms with Crippen molar-refractivity contribution in [3.05, 3.63) is 47.5 Å². The van der Waals surface area contributed by atoms with Crippen LogP contribution in [0.15, 0.2) is 30.5 Å². The van der Waals surface area contributed by atoms with E-state index >= 15 is 0 Å². The number of nitrogens with zero attached hydrogens (tertiary/aromatic N) is 4. The molecule has 0 radical (unpaired) electrons. The van der Waals surface area contributed by atoms with Gasteiger partial charge < -0.3 is 15.1 Å². The van der Waals surface area contributed by atoms with Crippen molar-refractivity contribution in [3.8, 4) is 5.69 Å². The molecule has 1 aliphatic heterocycles. The van der Waals surface area contributed by atoms with Crippen LogP contribution in [0, 0.1) is 12.7 Å². The molecular formula is C19H26FN5O. The number of carbonyl (C=O) groups is 1. The molecule has 1 fully saturated rings. The van der Waals surface area contributed by atoms with Gasteiger partial charge in [-0.2, -0.15) is 5.10 Å². The molecule has 6 nitrogen and oxygen atoms in total. The monoisotopic (exact) mass is 359 g/mol. The van der Waals surface area contributed by atoms with Crippen LogP contribution in [0.2, 0.25) is 0 Å². The molecular weight excluding hydrogens is 333 g/mol. The van der Waals surface area contributed by atoms with Gasteiger partial charge in [-0.3, -0.25) is 4.79 Å². The Morgan fingerprint density at radius 2 is 1.88 bits per heavy atom. The topological polar surface area (TPSA) is 53.4 Å². The fraction of sp³-hybridized carbons (Fsp3) is 0.474. The van der Waals surface area contributed by atoms with E-state index in [4.69, 9.17) is 0 Å². The first-order valence-electron chi connectivity index (χ1n) is 9.04. The summed E-state index contributed by atoms with van der Waals surface area (Å²) in [4.78, 5) is 17.2. The molecule has 0 spiro atoms. The average Bonchev–Trinajstić information content (AvgIpc) is 3.02. The second kappa shape index (κ2) is 8.42. The zero-order valence-electron chi connectivity index (χ0n) is 15.4. The average molecular weight is 359 g/mol. The number of nitrogens with one attached hydrogen (secondary N) is 1. The molecule has 0 aliphatic carbocycles. The Morgan fingerprint density at radius 3 is 2.58 bits per heavy atom. The normalized spacial score (nSPS) is 16.0. The van der Waals surface area contributed by atoms with Crippen LogP contribution in [0.1, 0.15) is 22.5 Å². The summed E-state index contributed by atoms with van der Waals surface area (Å²) in [6.07, 6.45) is 2.50. The van der Waals surface area contributed by atoms with Gasteiger partial charge in [0.15, 0.2) is 0 Å². The Kier molecular flexibility index (Phi) is 6.00.